The molecule has 0 aliphatic heterocycles. The van der Waals surface area contributed by atoms with E-state index in [-0.39, 0.29) is 6.04 Å². The number of pyridine rings is 1. The van der Waals surface area contributed by atoms with Crippen molar-refractivity contribution in [2.24, 2.45) is 0 Å². The summed E-state index contributed by atoms with van der Waals surface area (Å²) in [6.45, 7) is 2.02. The van der Waals surface area contributed by atoms with Crippen LogP contribution in [0, 0.1) is 6.92 Å². The molecule has 6 heteroatoms. The van der Waals surface area contributed by atoms with Crippen molar-refractivity contribution in [3.8, 4) is 21.1 Å². The zero-order valence-electron chi connectivity index (χ0n) is 16.0. The molecule has 0 spiro atoms. The largest absolute Gasteiger partial charge is 0.344 e. The number of halogens is 1. The van der Waals surface area contributed by atoms with Gasteiger partial charge in [-0.1, -0.05) is 23.7 Å². The van der Waals surface area contributed by atoms with Gasteiger partial charge in [0.2, 0.25) is 0 Å². The molecule has 4 aromatic rings. The smallest absolute Gasteiger partial charge is 0.147 e. The number of nitrogens with one attached hydrogen (secondary N) is 1. The second-order valence-electron chi connectivity index (χ2n) is 6.94. The van der Waals surface area contributed by atoms with Gasteiger partial charge in [0.1, 0.15) is 5.82 Å². The highest BCUT2D eigenvalue weighted by Gasteiger charge is 2.25. The van der Waals surface area contributed by atoms with Gasteiger partial charge in [-0.2, -0.15) is 0 Å². The molecule has 3 aromatic heterocycles. The number of imidazole rings is 1. The summed E-state index contributed by atoms with van der Waals surface area (Å²) < 4.78 is 0. The van der Waals surface area contributed by atoms with Crippen molar-refractivity contribution in [2.75, 3.05) is 14.1 Å². The number of thiophene rings is 1. The Labute approximate surface area is 173 Å². The second kappa shape index (κ2) is 7.87. The summed E-state index contributed by atoms with van der Waals surface area (Å²) in [6.07, 6.45) is 5.52. The molecular formula is C22H21ClN4S. The van der Waals surface area contributed by atoms with Crippen LogP contribution in [0.3, 0.4) is 0 Å². The topological polar surface area (TPSA) is 44.8 Å². The van der Waals surface area contributed by atoms with Crippen LogP contribution in [0.2, 0.25) is 5.02 Å². The van der Waals surface area contributed by atoms with Gasteiger partial charge < -0.3 is 4.98 Å². The van der Waals surface area contributed by atoms with Crippen LogP contribution in [-0.2, 0) is 0 Å². The molecule has 0 aliphatic carbocycles. The number of H-pyrrole nitrogens is 1. The number of aryl methyl sites for hydroxylation is 1. The zero-order valence-corrected chi connectivity index (χ0v) is 17.6. The molecule has 0 saturated carbocycles. The number of rotatable bonds is 5. The molecule has 4 rings (SSSR count). The summed E-state index contributed by atoms with van der Waals surface area (Å²) in [5.41, 5.74) is 4.59. The molecule has 0 saturated heterocycles. The molecule has 1 N–H and O–H groups in total. The molecule has 0 bridgehead atoms. The average molecular weight is 409 g/mol. The maximum atomic E-state index is 6.12. The summed E-state index contributed by atoms with van der Waals surface area (Å²) in [5, 5.41) is 0.741. The second-order valence-corrected chi connectivity index (χ2v) is 8.43. The summed E-state index contributed by atoms with van der Waals surface area (Å²) >= 11 is 7.87. The molecule has 3 heterocycles. The minimum atomic E-state index is 0.0882. The Balaban J connectivity index is 1.89. The lowest BCUT2D eigenvalue weighted by molar-refractivity contribution is 0.343. The number of nitrogens with zero attached hydrogens (tertiary/aromatic N) is 3. The van der Waals surface area contributed by atoms with E-state index in [1.165, 1.54) is 21.6 Å². The Morgan fingerprint density at radius 3 is 2.46 bits per heavy atom. The van der Waals surface area contributed by atoms with Gasteiger partial charge in [0.05, 0.1) is 10.9 Å². The van der Waals surface area contributed by atoms with Crippen LogP contribution < -0.4 is 0 Å². The number of aromatic amines is 1. The van der Waals surface area contributed by atoms with Crippen LogP contribution in [0.25, 0.3) is 21.1 Å². The van der Waals surface area contributed by atoms with Crippen molar-refractivity contribution in [1.82, 2.24) is 19.9 Å². The predicted molar refractivity (Wildman–Crippen MR) is 117 cm³/mol. The fourth-order valence-electron chi connectivity index (χ4n) is 3.42. The lowest BCUT2D eigenvalue weighted by Gasteiger charge is -2.25. The van der Waals surface area contributed by atoms with Crippen molar-refractivity contribution in [1.29, 1.82) is 0 Å². The Morgan fingerprint density at radius 2 is 1.82 bits per heavy atom. The van der Waals surface area contributed by atoms with Crippen molar-refractivity contribution in [3.63, 3.8) is 0 Å². The molecule has 0 fully saturated rings. The van der Waals surface area contributed by atoms with Crippen LogP contribution in [0.4, 0.5) is 0 Å². The van der Waals surface area contributed by atoms with Gasteiger partial charge in [-0.15, -0.1) is 11.3 Å². The summed E-state index contributed by atoms with van der Waals surface area (Å²) in [4.78, 5) is 16.7. The van der Waals surface area contributed by atoms with E-state index in [1.807, 2.05) is 31.5 Å². The standard InChI is InChI=1S/C22H21ClN4S/c1-14-12-16(8-9-24-14)19-13-18(21(28-19)22-25-10-11-26-22)20(27(2)3)15-4-6-17(23)7-5-15/h4-13,20H,1-3H3,(H,25,26). The fraction of sp³-hybridized carbons (Fsp3) is 0.182. The van der Waals surface area contributed by atoms with Gasteiger partial charge in [-0.3, -0.25) is 9.88 Å². The Kier molecular flexibility index (Phi) is 5.31. The highest BCUT2D eigenvalue weighted by Crippen LogP contribution is 2.43. The molecule has 0 amide bonds. The number of hydrogen-bond acceptors (Lipinski definition) is 4. The molecule has 0 radical (unpaired) electrons. The van der Waals surface area contributed by atoms with Gasteiger partial charge in [-0.05, 0) is 68.0 Å². The van der Waals surface area contributed by atoms with Crippen LogP contribution in [0.5, 0.6) is 0 Å². The van der Waals surface area contributed by atoms with Crippen molar-refractivity contribution < 1.29 is 0 Å². The van der Waals surface area contributed by atoms with E-state index in [2.05, 4.69) is 64.3 Å². The van der Waals surface area contributed by atoms with E-state index >= 15 is 0 Å². The monoisotopic (exact) mass is 408 g/mol. The van der Waals surface area contributed by atoms with Crippen LogP contribution >= 0.6 is 22.9 Å². The molecule has 1 aromatic carbocycles. The molecule has 0 aliphatic rings. The van der Waals surface area contributed by atoms with Gasteiger partial charge in [0.15, 0.2) is 0 Å². The minimum Gasteiger partial charge on any atom is -0.344 e. The molecule has 142 valence electrons. The number of hydrogen-bond donors (Lipinski definition) is 1. The summed E-state index contributed by atoms with van der Waals surface area (Å²) in [5.74, 6) is 0.887. The van der Waals surface area contributed by atoms with Crippen molar-refractivity contribution >= 4 is 22.9 Å². The minimum absolute atomic E-state index is 0.0882. The quantitative estimate of drug-likeness (QED) is 0.453. The third kappa shape index (κ3) is 3.74. The van der Waals surface area contributed by atoms with Gasteiger partial charge in [-0.25, -0.2) is 4.98 Å². The first-order chi connectivity index (χ1) is 13.5. The van der Waals surface area contributed by atoms with E-state index in [0.717, 1.165) is 21.4 Å². The first kappa shape index (κ1) is 18.9. The average Bonchev–Trinajstić information content (AvgIpc) is 3.33. The van der Waals surface area contributed by atoms with Gasteiger partial charge in [0.25, 0.3) is 0 Å². The third-order valence-corrected chi connectivity index (χ3v) is 6.11. The van der Waals surface area contributed by atoms with Crippen LogP contribution in [0.1, 0.15) is 22.9 Å². The highest BCUT2D eigenvalue weighted by atomic mass is 35.5. The summed E-state index contributed by atoms with van der Waals surface area (Å²) in [7, 11) is 4.19. The normalized spacial score (nSPS) is 12.5. The van der Waals surface area contributed by atoms with Crippen LogP contribution in [0.15, 0.2) is 61.1 Å². The molecular weight excluding hydrogens is 388 g/mol. The van der Waals surface area contributed by atoms with Crippen molar-refractivity contribution in [2.45, 2.75) is 13.0 Å². The van der Waals surface area contributed by atoms with Crippen molar-refractivity contribution in [3.05, 3.63) is 82.9 Å². The summed E-state index contributed by atoms with van der Waals surface area (Å²) in [6, 6.07) is 14.6. The van der Waals surface area contributed by atoms with Crippen LogP contribution in [-0.4, -0.2) is 33.9 Å². The predicted octanol–water partition coefficient (Wildman–Crippen LogP) is 5.81. The molecule has 4 nitrogen and oxygen atoms in total. The maximum Gasteiger partial charge on any atom is 0.147 e. The van der Waals surface area contributed by atoms with E-state index in [0.29, 0.717) is 0 Å². The van der Waals surface area contributed by atoms with E-state index in [9.17, 15) is 0 Å². The fourth-order valence-corrected chi connectivity index (χ4v) is 4.70. The van der Waals surface area contributed by atoms with E-state index in [4.69, 9.17) is 11.6 Å². The highest BCUT2D eigenvalue weighted by molar-refractivity contribution is 7.19. The lowest BCUT2D eigenvalue weighted by atomic mass is 9.97. The number of aromatic nitrogens is 3. The number of benzene rings is 1. The molecule has 28 heavy (non-hydrogen) atoms. The Bertz CT molecular complexity index is 1070. The Hall–Kier alpha value is -2.47. The third-order valence-electron chi connectivity index (χ3n) is 4.65. The lowest BCUT2D eigenvalue weighted by Crippen LogP contribution is -2.21. The van der Waals surface area contributed by atoms with E-state index < -0.39 is 0 Å². The first-order valence-electron chi connectivity index (χ1n) is 9.01. The zero-order chi connectivity index (χ0) is 19.7. The van der Waals surface area contributed by atoms with Gasteiger partial charge in [0, 0.05) is 34.2 Å². The first-order valence-corrected chi connectivity index (χ1v) is 10.2. The maximum absolute atomic E-state index is 6.12. The molecule has 1 unspecified atom stereocenters. The Morgan fingerprint density at radius 1 is 1.04 bits per heavy atom. The SMILES string of the molecule is Cc1cc(-c2cc(C(c3ccc(Cl)cc3)N(C)C)c(-c3ncc[nH]3)s2)ccn1. The van der Waals surface area contributed by atoms with Gasteiger partial charge >= 0.3 is 0 Å². The van der Waals surface area contributed by atoms with E-state index in [1.54, 1.807) is 17.5 Å². The molecule has 1 atom stereocenters.